The van der Waals surface area contributed by atoms with Crippen LogP contribution in [0.1, 0.15) is 10.4 Å². The lowest BCUT2D eigenvalue weighted by Crippen LogP contribution is -2.13. The maximum atomic E-state index is 12.1. The molecule has 5 nitrogen and oxygen atoms in total. The lowest BCUT2D eigenvalue weighted by molar-refractivity contribution is 0.0697. The van der Waals surface area contributed by atoms with E-state index >= 15 is 0 Å². The largest absolute Gasteiger partial charge is 0.478 e. The fourth-order valence-electron chi connectivity index (χ4n) is 1.53. The summed E-state index contributed by atoms with van der Waals surface area (Å²) in [6.45, 7) is 0. The van der Waals surface area contributed by atoms with Crippen LogP contribution >= 0.6 is 15.9 Å². The predicted molar refractivity (Wildman–Crippen MR) is 78.4 cm³/mol. The van der Waals surface area contributed by atoms with E-state index < -0.39 is 16.0 Å². The topological polar surface area (TPSA) is 83.5 Å². The molecular weight excluding hydrogens is 346 g/mol. The zero-order chi connectivity index (χ0) is 14.8. The number of carboxylic acid groups (broad SMARTS) is 1. The monoisotopic (exact) mass is 355 g/mol. The Morgan fingerprint density at radius 2 is 1.75 bits per heavy atom. The third-order valence-corrected chi connectivity index (χ3v) is 4.36. The van der Waals surface area contributed by atoms with Gasteiger partial charge in [-0.25, -0.2) is 13.2 Å². The number of aromatic carboxylic acids is 1. The number of benzene rings is 2. The summed E-state index contributed by atoms with van der Waals surface area (Å²) in [6, 6.07) is 11.8. The number of hydrogen-bond acceptors (Lipinski definition) is 3. The fourth-order valence-corrected chi connectivity index (χ4v) is 3.18. The van der Waals surface area contributed by atoms with Crippen molar-refractivity contribution in [2.45, 2.75) is 4.90 Å². The minimum absolute atomic E-state index is 0.0930. The normalized spacial score (nSPS) is 11.1. The molecule has 0 bridgehead atoms. The van der Waals surface area contributed by atoms with Crippen molar-refractivity contribution in [3.63, 3.8) is 0 Å². The van der Waals surface area contributed by atoms with Crippen LogP contribution in [0.3, 0.4) is 0 Å². The first-order valence-corrected chi connectivity index (χ1v) is 7.78. The van der Waals surface area contributed by atoms with Crippen LogP contribution in [0.5, 0.6) is 0 Å². The molecule has 0 aliphatic rings. The molecule has 0 fully saturated rings. The number of rotatable bonds is 4. The SMILES string of the molecule is O=C(O)c1ccc(NS(=O)(=O)c2cccc(Br)c2)cc1. The van der Waals surface area contributed by atoms with Gasteiger partial charge in [0, 0.05) is 10.2 Å². The van der Waals surface area contributed by atoms with Gasteiger partial charge in [0.05, 0.1) is 10.5 Å². The molecule has 7 heteroatoms. The van der Waals surface area contributed by atoms with E-state index in [0.717, 1.165) is 0 Å². The van der Waals surface area contributed by atoms with Gasteiger partial charge >= 0.3 is 5.97 Å². The number of halogens is 1. The number of sulfonamides is 1. The lowest BCUT2D eigenvalue weighted by atomic mass is 10.2. The van der Waals surface area contributed by atoms with Crippen molar-refractivity contribution in [2.24, 2.45) is 0 Å². The van der Waals surface area contributed by atoms with Gasteiger partial charge in [0.1, 0.15) is 0 Å². The maximum Gasteiger partial charge on any atom is 0.335 e. The van der Waals surface area contributed by atoms with Gasteiger partial charge < -0.3 is 5.11 Å². The van der Waals surface area contributed by atoms with Crippen LogP contribution in [0.15, 0.2) is 57.9 Å². The Kier molecular flexibility index (Phi) is 4.10. The molecule has 0 saturated heterocycles. The summed E-state index contributed by atoms with van der Waals surface area (Å²) >= 11 is 3.21. The zero-order valence-corrected chi connectivity index (χ0v) is 12.5. The molecule has 104 valence electrons. The molecule has 20 heavy (non-hydrogen) atoms. The first-order valence-electron chi connectivity index (χ1n) is 5.50. The number of anilines is 1. The minimum Gasteiger partial charge on any atom is -0.478 e. The zero-order valence-electron chi connectivity index (χ0n) is 10.1. The van der Waals surface area contributed by atoms with Crippen LogP contribution < -0.4 is 4.72 Å². The molecule has 0 unspecified atom stereocenters. The van der Waals surface area contributed by atoms with Crippen LogP contribution in [0.25, 0.3) is 0 Å². The predicted octanol–water partition coefficient (Wildman–Crippen LogP) is 2.95. The van der Waals surface area contributed by atoms with Crippen LogP contribution in [-0.2, 0) is 10.0 Å². The molecule has 2 N–H and O–H groups in total. The van der Waals surface area contributed by atoms with Crippen molar-refractivity contribution >= 4 is 37.6 Å². The van der Waals surface area contributed by atoms with E-state index in [-0.39, 0.29) is 10.5 Å². The first kappa shape index (κ1) is 14.5. The summed E-state index contributed by atoms with van der Waals surface area (Å²) in [6.07, 6.45) is 0. The molecule has 0 amide bonds. The highest BCUT2D eigenvalue weighted by Crippen LogP contribution is 2.19. The van der Waals surface area contributed by atoms with Gasteiger partial charge in [-0.2, -0.15) is 0 Å². The summed E-state index contributed by atoms with van der Waals surface area (Å²) in [5.41, 5.74) is 0.394. The molecule has 0 heterocycles. The highest BCUT2D eigenvalue weighted by molar-refractivity contribution is 9.10. The standard InChI is InChI=1S/C13H10BrNO4S/c14-10-2-1-3-12(8-10)20(18,19)15-11-6-4-9(5-7-11)13(16)17/h1-8,15H,(H,16,17). The quantitative estimate of drug-likeness (QED) is 0.882. The van der Waals surface area contributed by atoms with Gasteiger partial charge in [-0.3, -0.25) is 4.72 Å². The number of carboxylic acids is 1. The molecule has 2 aromatic carbocycles. The third kappa shape index (κ3) is 3.37. The number of nitrogens with one attached hydrogen (secondary N) is 1. The van der Waals surface area contributed by atoms with Crippen molar-refractivity contribution in [1.82, 2.24) is 0 Å². The van der Waals surface area contributed by atoms with Crippen molar-refractivity contribution in [3.8, 4) is 0 Å². The molecular formula is C13H10BrNO4S. The molecule has 0 aliphatic carbocycles. The second-order valence-corrected chi connectivity index (χ2v) is 6.54. The van der Waals surface area contributed by atoms with Gasteiger partial charge in [-0.15, -0.1) is 0 Å². The second-order valence-electron chi connectivity index (χ2n) is 3.95. The fraction of sp³-hybridized carbons (Fsp3) is 0. The number of carbonyl (C=O) groups is 1. The molecule has 2 rings (SSSR count). The molecule has 0 saturated carbocycles. The summed E-state index contributed by atoms with van der Waals surface area (Å²) in [5.74, 6) is -1.06. The Balaban J connectivity index is 2.26. The molecule has 0 aromatic heterocycles. The van der Waals surface area contributed by atoms with Crippen LogP contribution in [0.4, 0.5) is 5.69 Å². The van der Waals surface area contributed by atoms with Crippen molar-refractivity contribution in [3.05, 3.63) is 58.6 Å². The average molecular weight is 356 g/mol. The van der Waals surface area contributed by atoms with E-state index in [4.69, 9.17) is 5.11 Å². The lowest BCUT2D eigenvalue weighted by Gasteiger charge is -2.08. The third-order valence-electron chi connectivity index (χ3n) is 2.49. The smallest absolute Gasteiger partial charge is 0.335 e. The summed E-state index contributed by atoms with van der Waals surface area (Å²) in [4.78, 5) is 10.8. The van der Waals surface area contributed by atoms with Gasteiger partial charge in [-0.1, -0.05) is 22.0 Å². The summed E-state index contributed by atoms with van der Waals surface area (Å²) in [5, 5.41) is 8.77. The number of hydrogen-bond donors (Lipinski definition) is 2. The molecule has 2 aromatic rings. The second kappa shape index (κ2) is 5.64. The Hall–Kier alpha value is -1.86. The van der Waals surface area contributed by atoms with Crippen molar-refractivity contribution in [1.29, 1.82) is 0 Å². The van der Waals surface area contributed by atoms with E-state index in [0.29, 0.717) is 10.2 Å². The van der Waals surface area contributed by atoms with E-state index in [1.165, 1.54) is 36.4 Å². The Labute approximate surface area is 124 Å². The summed E-state index contributed by atoms with van der Waals surface area (Å²) in [7, 11) is -3.70. The Bertz CT molecular complexity index is 741. The molecule has 0 atom stereocenters. The van der Waals surface area contributed by atoms with Gasteiger partial charge in [0.2, 0.25) is 0 Å². The summed E-state index contributed by atoms with van der Waals surface area (Å²) < 4.78 is 27.3. The van der Waals surface area contributed by atoms with E-state index in [1.54, 1.807) is 12.1 Å². The van der Waals surface area contributed by atoms with Crippen LogP contribution in [0, 0.1) is 0 Å². The van der Waals surface area contributed by atoms with Crippen LogP contribution in [-0.4, -0.2) is 19.5 Å². The maximum absolute atomic E-state index is 12.1. The molecule has 0 aliphatic heterocycles. The van der Waals surface area contributed by atoms with Gasteiger partial charge in [0.15, 0.2) is 0 Å². The van der Waals surface area contributed by atoms with E-state index in [2.05, 4.69) is 20.7 Å². The van der Waals surface area contributed by atoms with Crippen molar-refractivity contribution < 1.29 is 18.3 Å². The highest BCUT2D eigenvalue weighted by Gasteiger charge is 2.14. The minimum atomic E-state index is -3.70. The Morgan fingerprint density at radius 1 is 1.10 bits per heavy atom. The Morgan fingerprint density at radius 3 is 2.30 bits per heavy atom. The molecule has 0 spiro atoms. The van der Waals surface area contributed by atoms with Gasteiger partial charge in [0.25, 0.3) is 10.0 Å². The highest BCUT2D eigenvalue weighted by atomic mass is 79.9. The average Bonchev–Trinajstić information content (AvgIpc) is 2.39. The van der Waals surface area contributed by atoms with Crippen molar-refractivity contribution in [2.75, 3.05) is 4.72 Å². The van der Waals surface area contributed by atoms with Gasteiger partial charge in [-0.05, 0) is 42.5 Å². The van der Waals surface area contributed by atoms with E-state index in [9.17, 15) is 13.2 Å². The first-order chi connectivity index (χ1) is 9.38. The molecule has 0 radical (unpaired) electrons. The van der Waals surface area contributed by atoms with E-state index in [1.807, 2.05) is 0 Å². The van der Waals surface area contributed by atoms with Crippen LogP contribution in [0.2, 0.25) is 0 Å².